The van der Waals surface area contributed by atoms with E-state index in [1.54, 1.807) is 0 Å². The Balaban J connectivity index is 1.92. The second-order valence-corrected chi connectivity index (χ2v) is 7.42. The fourth-order valence-corrected chi connectivity index (χ4v) is 3.16. The minimum atomic E-state index is -1.41. The molecule has 1 fully saturated rings. The van der Waals surface area contributed by atoms with Crippen molar-refractivity contribution in [1.29, 1.82) is 0 Å². The number of aromatic hydroxyl groups is 1. The smallest absolute Gasteiger partial charge is 0.326 e. The third-order valence-corrected chi connectivity index (χ3v) is 4.87. The molecule has 3 amide bonds. The molecule has 0 radical (unpaired) electrons. The number of rotatable bonds is 10. The van der Waals surface area contributed by atoms with Crippen LogP contribution in [0.2, 0.25) is 0 Å². The minimum Gasteiger partial charge on any atom is -0.508 e. The Labute approximate surface area is 179 Å². The minimum absolute atomic E-state index is 0.0207. The number of carbonyl (C=O) groups excluding carboxylic acids is 3. The normalized spacial score (nSPS) is 18.5. The summed E-state index contributed by atoms with van der Waals surface area (Å²) in [4.78, 5) is 48.2. The number of phenols is 1. The summed E-state index contributed by atoms with van der Waals surface area (Å²) in [6.45, 7) is 1.62. The number of carboxylic acid groups (broad SMARTS) is 1. The molecule has 2 rings (SSSR count). The zero-order chi connectivity index (χ0) is 23.0. The molecular formula is C20H28N4O7. The number of aliphatic hydroxyl groups excluding tert-OH is 1. The van der Waals surface area contributed by atoms with Crippen LogP contribution in [0, 0.1) is 0 Å². The van der Waals surface area contributed by atoms with Crippen LogP contribution in [0.1, 0.15) is 25.3 Å². The van der Waals surface area contributed by atoms with E-state index in [1.165, 1.54) is 31.2 Å². The lowest BCUT2D eigenvalue weighted by Crippen LogP contribution is -2.57. The predicted molar refractivity (Wildman–Crippen MR) is 109 cm³/mol. The Morgan fingerprint density at radius 3 is 2.39 bits per heavy atom. The second-order valence-electron chi connectivity index (χ2n) is 7.42. The summed E-state index contributed by atoms with van der Waals surface area (Å²) in [5.74, 6) is -3.18. The van der Waals surface area contributed by atoms with Crippen LogP contribution in [0.15, 0.2) is 24.3 Å². The highest BCUT2D eigenvalue weighted by molar-refractivity contribution is 5.93. The van der Waals surface area contributed by atoms with Crippen molar-refractivity contribution in [2.45, 2.75) is 50.4 Å². The summed E-state index contributed by atoms with van der Waals surface area (Å²) in [6.07, 6.45) is 0.165. The van der Waals surface area contributed by atoms with Gasteiger partial charge in [-0.1, -0.05) is 12.1 Å². The summed E-state index contributed by atoms with van der Waals surface area (Å²) in [6, 6.07) is 2.74. The first kappa shape index (κ1) is 24.1. The van der Waals surface area contributed by atoms with Gasteiger partial charge in [0.1, 0.15) is 17.8 Å². The Morgan fingerprint density at radius 2 is 1.84 bits per heavy atom. The van der Waals surface area contributed by atoms with Crippen LogP contribution in [0.25, 0.3) is 0 Å². The summed E-state index contributed by atoms with van der Waals surface area (Å²) in [5, 5.41) is 38.7. The average Bonchev–Trinajstić information content (AvgIpc) is 3.25. The van der Waals surface area contributed by atoms with Crippen molar-refractivity contribution >= 4 is 23.7 Å². The number of carbonyl (C=O) groups is 4. The fraction of sp³-hybridized carbons (Fsp3) is 0.500. The summed E-state index contributed by atoms with van der Waals surface area (Å²) >= 11 is 0. The molecule has 1 aromatic carbocycles. The first-order valence-electron chi connectivity index (χ1n) is 9.97. The molecule has 1 saturated heterocycles. The van der Waals surface area contributed by atoms with Gasteiger partial charge in [0, 0.05) is 6.42 Å². The second kappa shape index (κ2) is 11.3. The lowest BCUT2D eigenvalue weighted by molar-refractivity contribution is -0.142. The van der Waals surface area contributed by atoms with E-state index in [-0.39, 0.29) is 30.7 Å². The molecule has 0 bridgehead atoms. The van der Waals surface area contributed by atoms with Crippen LogP contribution >= 0.6 is 0 Å². The summed E-state index contributed by atoms with van der Waals surface area (Å²) in [5.41, 5.74) is 0.561. The molecule has 1 aliphatic heterocycles. The first-order valence-corrected chi connectivity index (χ1v) is 9.97. The average molecular weight is 436 g/mol. The number of aliphatic carboxylic acids is 1. The summed E-state index contributed by atoms with van der Waals surface area (Å²) in [7, 11) is 0. The molecule has 4 unspecified atom stereocenters. The highest BCUT2D eigenvalue weighted by Gasteiger charge is 2.30. The maximum absolute atomic E-state index is 12.5. The van der Waals surface area contributed by atoms with Gasteiger partial charge in [-0.25, -0.2) is 4.79 Å². The van der Waals surface area contributed by atoms with Gasteiger partial charge in [-0.2, -0.15) is 0 Å². The van der Waals surface area contributed by atoms with Crippen LogP contribution < -0.4 is 21.3 Å². The zero-order valence-corrected chi connectivity index (χ0v) is 17.1. The number of carboxylic acids is 1. The maximum Gasteiger partial charge on any atom is 0.326 e. The maximum atomic E-state index is 12.5. The van der Waals surface area contributed by atoms with Crippen molar-refractivity contribution in [2.75, 3.05) is 13.1 Å². The molecule has 7 N–H and O–H groups in total. The van der Waals surface area contributed by atoms with Crippen LogP contribution in [0.3, 0.4) is 0 Å². The Hall–Kier alpha value is -3.18. The number of hydrogen-bond donors (Lipinski definition) is 7. The van der Waals surface area contributed by atoms with Gasteiger partial charge in [0.15, 0.2) is 0 Å². The van der Waals surface area contributed by atoms with Crippen molar-refractivity contribution < 1.29 is 34.5 Å². The molecule has 11 heteroatoms. The number of aliphatic hydroxyl groups is 1. The first-order chi connectivity index (χ1) is 14.7. The standard InChI is InChI=1S/C20H28N4O7/c1-11(25)17(24-16(27)10-22-18(28)14-3-2-8-21-14)19(29)23-15(20(30)31)9-12-4-6-13(26)7-5-12/h4-7,11,14-15,17,21,25-26H,2-3,8-10H2,1H3,(H,22,28)(H,23,29)(H,24,27)(H,30,31). The van der Waals surface area contributed by atoms with Crippen LogP contribution in [0.5, 0.6) is 5.75 Å². The third kappa shape index (κ3) is 7.54. The van der Waals surface area contributed by atoms with Gasteiger partial charge in [0.2, 0.25) is 17.7 Å². The molecule has 0 saturated carbocycles. The quantitative estimate of drug-likeness (QED) is 0.225. The SMILES string of the molecule is CC(O)C(NC(=O)CNC(=O)C1CCCN1)C(=O)NC(Cc1ccc(O)cc1)C(=O)O. The van der Waals surface area contributed by atoms with Gasteiger partial charge < -0.3 is 36.6 Å². The molecule has 11 nitrogen and oxygen atoms in total. The largest absolute Gasteiger partial charge is 0.508 e. The number of nitrogens with one attached hydrogen (secondary N) is 4. The third-order valence-electron chi connectivity index (χ3n) is 4.87. The van der Waals surface area contributed by atoms with Crippen LogP contribution in [0.4, 0.5) is 0 Å². The lowest BCUT2D eigenvalue weighted by atomic mass is 10.0. The molecule has 1 aliphatic rings. The number of amides is 3. The molecule has 1 heterocycles. The Kier molecular flexibility index (Phi) is 8.76. The van der Waals surface area contributed by atoms with Crippen molar-refractivity contribution in [2.24, 2.45) is 0 Å². The molecule has 0 aromatic heterocycles. The van der Waals surface area contributed by atoms with E-state index in [2.05, 4.69) is 21.3 Å². The fourth-order valence-electron chi connectivity index (χ4n) is 3.16. The Bertz CT molecular complexity index is 791. The number of phenolic OH excluding ortho intramolecular Hbond substituents is 1. The van der Waals surface area contributed by atoms with Crippen LogP contribution in [-0.4, -0.2) is 76.3 Å². The van der Waals surface area contributed by atoms with E-state index in [4.69, 9.17) is 0 Å². The molecule has 0 aliphatic carbocycles. The number of hydrogen-bond acceptors (Lipinski definition) is 7. The molecule has 1 aromatic rings. The van der Waals surface area contributed by atoms with Gasteiger partial charge >= 0.3 is 5.97 Å². The zero-order valence-electron chi connectivity index (χ0n) is 17.1. The highest BCUT2D eigenvalue weighted by Crippen LogP contribution is 2.12. The van der Waals surface area contributed by atoms with Crippen molar-refractivity contribution in [1.82, 2.24) is 21.3 Å². The molecule has 170 valence electrons. The lowest BCUT2D eigenvalue weighted by Gasteiger charge is -2.23. The number of benzene rings is 1. The van der Waals surface area contributed by atoms with Crippen molar-refractivity contribution in [3.63, 3.8) is 0 Å². The molecular weight excluding hydrogens is 408 g/mol. The molecule has 0 spiro atoms. The van der Waals surface area contributed by atoms with E-state index in [0.29, 0.717) is 12.0 Å². The van der Waals surface area contributed by atoms with Gasteiger partial charge in [0.05, 0.1) is 18.7 Å². The monoisotopic (exact) mass is 436 g/mol. The highest BCUT2D eigenvalue weighted by atomic mass is 16.4. The van der Waals surface area contributed by atoms with Crippen LogP contribution in [-0.2, 0) is 25.6 Å². The van der Waals surface area contributed by atoms with E-state index in [0.717, 1.165) is 13.0 Å². The van der Waals surface area contributed by atoms with E-state index in [9.17, 15) is 34.5 Å². The van der Waals surface area contributed by atoms with Gasteiger partial charge in [-0.3, -0.25) is 14.4 Å². The van der Waals surface area contributed by atoms with Crippen molar-refractivity contribution in [3.05, 3.63) is 29.8 Å². The van der Waals surface area contributed by atoms with E-state index in [1.807, 2.05) is 0 Å². The Morgan fingerprint density at radius 1 is 1.16 bits per heavy atom. The van der Waals surface area contributed by atoms with Gasteiger partial charge in [-0.05, 0) is 44.0 Å². The topological polar surface area (TPSA) is 177 Å². The van der Waals surface area contributed by atoms with Crippen molar-refractivity contribution in [3.8, 4) is 5.75 Å². The van der Waals surface area contributed by atoms with Gasteiger partial charge in [0.25, 0.3) is 0 Å². The van der Waals surface area contributed by atoms with E-state index < -0.39 is 36.0 Å². The van der Waals surface area contributed by atoms with Gasteiger partial charge in [-0.15, -0.1) is 0 Å². The predicted octanol–water partition coefficient (Wildman–Crippen LogP) is -1.76. The molecule has 31 heavy (non-hydrogen) atoms. The van der Waals surface area contributed by atoms with E-state index >= 15 is 0 Å². The molecule has 4 atom stereocenters. The summed E-state index contributed by atoms with van der Waals surface area (Å²) < 4.78 is 0.